The average molecular weight is 410 g/mol. The van der Waals surface area contributed by atoms with Crippen molar-refractivity contribution in [2.45, 2.75) is 44.4 Å². The number of alkyl halides is 3. The topological polar surface area (TPSA) is 107 Å². The van der Waals surface area contributed by atoms with Crippen molar-refractivity contribution in [1.82, 2.24) is 15.5 Å². The molecule has 2 atom stereocenters. The van der Waals surface area contributed by atoms with Crippen molar-refractivity contribution in [2.75, 3.05) is 11.9 Å². The summed E-state index contributed by atoms with van der Waals surface area (Å²) in [5.74, 6) is -0.850. The van der Waals surface area contributed by atoms with Gasteiger partial charge >= 0.3 is 12.1 Å². The van der Waals surface area contributed by atoms with Gasteiger partial charge in [-0.3, -0.25) is 4.79 Å². The van der Waals surface area contributed by atoms with Crippen molar-refractivity contribution in [1.29, 1.82) is 0 Å². The molecule has 7 nitrogen and oxygen atoms in total. The highest BCUT2D eigenvalue weighted by Crippen LogP contribution is 2.36. The van der Waals surface area contributed by atoms with E-state index in [1.807, 2.05) is 0 Å². The molecule has 156 valence electrons. The summed E-state index contributed by atoms with van der Waals surface area (Å²) in [5.41, 5.74) is 0.175. The van der Waals surface area contributed by atoms with Crippen LogP contribution in [0.15, 0.2) is 24.3 Å². The molecule has 4 N–H and O–H groups in total. The van der Waals surface area contributed by atoms with Gasteiger partial charge in [-0.15, -0.1) is 10.2 Å². The predicted molar refractivity (Wildman–Crippen MR) is 99.6 cm³/mol. The summed E-state index contributed by atoms with van der Waals surface area (Å²) in [5, 5.41) is 33.4. The minimum atomic E-state index is -4.54. The number of anilines is 1. The van der Waals surface area contributed by atoms with E-state index in [2.05, 4.69) is 20.8 Å². The molecule has 0 unspecified atom stereocenters. The second-order valence-electron chi connectivity index (χ2n) is 7.11. The number of aryl methyl sites for hydroxylation is 1. The van der Waals surface area contributed by atoms with Crippen LogP contribution in [0.1, 0.15) is 30.4 Å². The van der Waals surface area contributed by atoms with Crippen LogP contribution in [0.2, 0.25) is 0 Å². The van der Waals surface area contributed by atoms with Gasteiger partial charge in [-0.05, 0) is 49.6 Å². The van der Waals surface area contributed by atoms with Gasteiger partial charge in [-0.1, -0.05) is 0 Å². The van der Waals surface area contributed by atoms with Crippen molar-refractivity contribution in [3.8, 4) is 17.0 Å². The molecule has 3 rings (SSSR count). The van der Waals surface area contributed by atoms with Crippen molar-refractivity contribution >= 4 is 11.8 Å². The van der Waals surface area contributed by atoms with Gasteiger partial charge in [0.25, 0.3) is 0 Å². The number of phenolic OH excluding ortho intramolecular Hbond substituents is 1. The van der Waals surface area contributed by atoms with E-state index < -0.39 is 23.5 Å². The molecule has 0 amide bonds. The molecule has 2 heterocycles. The van der Waals surface area contributed by atoms with E-state index in [1.54, 1.807) is 13.0 Å². The number of rotatable bonds is 5. The first-order valence-electron chi connectivity index (χ1n) is 9.10. The third-order valence-corrected chi connectivity index (χ3v) is 4.85. The lowest BCUT2D eigenvalue weighted by Crippen LogP contribution is -2.45. The standard InChI is InChI=1S/C19H21F3N4O3/c1-10-6-16(24-13-4-3-12(23-9-13)8-17(28)29)25-26-18(10)14-5-2-11(7-15(14)27)19(20,21)22/h2,5-7,12-13,23,27H,3-4,8-9H2,1H3,(H,24,25)(H,28,29)/t12-,13-/m1/s1. The zero-order valence-electron chi connectivity index (χ0n) is 15.6. The van der Waals surface area contributed by atoms with Crippen LogP contribution in [0.4, 0.5) is 19.0 Å². The number of carboxylic acid groups (broad SMARTS) is 1. The molecule has 1 aromatic heterocycles. The van der Waals surface area contributed by atoms with Crippen molar-refractivity contribution in [3.05, 3.63) is 35.4 Å². The zero-order chi connectivity index (χ0) is 21.2. The number of benzene rings is 1. The van der Waals surface area contributed by atoms with Crippen molar-refractivity contribution in [2.24, 2.45) is 0 Å². The molecule has 1 aromatic carbocycles. The Morgan fingerprint density at radius 3 is 2.59 bits per heavy atom. The number of nitrogens with zero attached hydrogens (tertiary/aromatic N) is 2. The number of aliphatic carboxylic acids is 1. The molecule has 0 bridgehead atoms. The second-order valence-corrected chi connectivity index (χ2v) is 7.11. The van der Waals surface area contributed by atoms with Crippen LogP contribution in [0.3, 0.4) is 0 Å². The second kappa shape index (κ2) is 8.24. The van der Waals surface area contributed by atoms with Gasteiger partial charge in [-0.25, -0.2) is 0 Å². The zero-order valence-corrected chi connectivity index (χ0v) is 15.6. The van der Waals surface area contributed by atoms with Gasteiger partial charge in [0, 0.05) is 24.2 Å². The normalized spacial score (nSPS) is 19.7. The first-order chi connectivity index (χ1) is 13.6. The molecule has 1 saturated heterocycles. The Labute approximate surface area is 165 Å². The Bertz CT molecular complexity index is 897. The number of nitrogens with one attached hydrogen (secondary N) is 2. The Balaban J connectivity index is 1.69. The fourth-order valence-corrected chi connectivity index (χ4v) is 3.36. The predicted octanol–water partition coefficient (Wildman–Crippen LogP) is 3.18. The van der Waals surface area contributed by atoms with Gasteiger partial charge in [0.05, 0.1) is 17.7 Å². The van der Waals surface area contributed by atoms with Crippen molar-refractivity contribution < 1.29 is 28.2 Å². The van der Waals surface area contributed by atoms with Crippen LogP contribution in [0.5, 0.6) is 5.75 Å². The third kappa shape index (κ3) is 5.14. The minimum Gasteiger partial charge on any atom is -0.507 e. The Kier molecular flexibility index (Phi) is 5.92. The highest BCUT2D eigenvalue weighted by Gasteiger charge is 2.31. The number of aromatic hydroxyl groups is 1. The van der Waals surface area contributed by atoms with Crippen LogP contribution in [-0.2, 0) is 11.0 Å². The molecule has 0 aliphatic carbocycles. The molecule has 0 spiro atoms. The van der Waals surface area contributed by atoms with E-state index in [0.29, 0.717) is 36.1 Å². The Morgan fingerprint density at radius 1 is 1.28 bits per heavy atom. The summed E-state index contributed by atoms with van der Waals surface area (Å²) in [4.78, 5) is 10.8. The highest BCUT2D eigenvalue weighted by molar-refractivity contribution is 5.70. The maximum Gasteiger partial charge on any atom is 0.416 e. The fourth-order valence-electron chi connectivity index (χ4n) is 3.36. The molecular formula is C19H21F3N4O3. The van der Waals surface area contributed by atoms with Gasteiger partial charge in [-0.2, -0.15) is 13.2 Å². The summed E-state index contributed by atoms with van der Waals surface area (Å²) < 4.78 is 38.3. The molecule has 10 heteroatoms. The third-order valence-electron chi connectivity index (χ3n) is 4.85. The molecule has 2 aromatic rings. The average Bonchev–Trinajstić information content (AvgIpc) is 2.63. The summed E-state index contributed by atoms with van der Waals surface area (Å²) in [6.45, 7) is 2.31. The number of carbonyl (C=O) groups is 1. The van der Waals surface area contributed by atoms with E-state index in [1.165, 1.54) is 6.07 Å². The van der Waals surface area contributed by atoms with E-state index >= 15 is 0 Å². The monoisotopic (exact) mass is 410 g/mol. The first kappa shape index (κ1) is 20.8. The largest absolute Gasteiger partial charge is 0.507 e. The summed E-state index contributed by atoms with van der Waals surface area (Å²) in [6, 6.07) is 4.45. The minimum absolute atomic E-state index is 0.0524. The van der Waals surface area contributed by atoms with E-state index in [4.69, 9.17) is 5.11 Å². The molecule has 29 heavy (non-hydrogen) atoms. The summed E-state index contributed by atoms with van der Waals surface area (Å²) >= 11 is 0. The van der Waals surface area contributed by atoms with Crippen LogP contribution in [-0.4, -0.2) is 45.0 Å². The number of aromatic nitrogens is 2. The number of hydrogen-bond donors (Lipinski definition) is 4. The molecular weight excluding hydrogens is 389 g/mol. The Morgan fingerprint density at radius 2 is 2.03 bits per heavy atom. The van der Waals surface area contributed by atoms with E-state index in [-0.39, 0.29) is 24.1 Å². The first-order valence-corrected chi connectivity index (χ1v) is 9.10. The fraction of sp³-hybridized carbons (Fsp3) is 0.421. The number of phenols is 1. The quantitative estimate of drug-likeness (QED) is 0.600. The van der Waals surface area contributed by atoms with Gasteiger partial charge in [0.1, 0.15) is 11.6 Å². The smallest absolute Gasteiger partial charge is 0.416 e. The lowest BCUT2D eigenvalue weighted by atomic mass is 9.98. The van der Waals surface area contributed by atoms with E-state index in [9.17, 15) is 23.1 Å². The van der Waals surface area contributed by atoms with Crippen LogP contribution in [0, 0.1) is 6.92 Å². The highest BCUT2D eigenvalue weighted by atomic mass is 19.4. The molecule has 0 radical (unpaired) electrons. The van der Waals surface area contributed by atoms with Gasteiger partial charge in [0.2, 0.25) is 0 Å². The van der Waals surface area contributed by atoms with Crippen LogP contribution < -0.4 is 10.6 Å². The number of carboxylic acids is 1. The maximum atomic E-state index is 12.8. The number of hydrogen-bond acceptors (Lipinski definition) is 6. The van der Waals surface area contributed by atoms with E-state index in [0.717, 1.165) is 12.5 Å². The lowest BCUT2D eigenvalue weighted by Gasteiger charge is -2.30. The summed E-state index contributed by atoms with van der Waals surface area (Å²) in [6.07, 6.45) is -2.97. The number of piperidine rings is 1. The van der Waals surface area contributed by atoms with Crippen molar-refractivity contribution in [3.63, 3.8) is 0 Å². The van der Waals surface area contributed by atoms with Crippen LogP contribution >= 0.6 is 0 Å². The summed E-state index contributed by atoms with van der Waals surface area (Å²) in [7, 11) is 0. The van der Waals surface area contributed by atoms with Gasteiger partial charge in [0.15, 0.2) is 0 Å². The molecule has 0 saturated carbocycles. The number of halogens is 3. The molecule has 1 fully saturated rings. The lowest BCUT2D eigenvalue weighted by molar-refractivity contribution is -0.138. The SMILES string of the molecule is Cc1cc(N[C@@H]2CC[C@H](CC(=O)O)NC2)nnc1-c1ccc(C(F)(F)F)cc1O. The molecule has 1 aliphatic heterocycles. The molecule has 1 aliphatic rings. The van der Waals surface area contributed by atoms with Gasteiger partial charge < -0.3 is 20.8 Å². The Hall–Kier alpha value is -2.88. The maximum absolute atomic E-state index is 12.8. The van der Waals surface area contributed by atoms with Crippen LogP contribution in [0.25, 0.3) is 11.3 Å².